The molecule has 0 aromatic heterocycles. The van der Waals surface area contributed by atoms with Crippen molar-refractivity contribution in [3.63, 3.8) is 0 Å². The lowest BCUT2D eigenvalue weighted by atomic mass is 10.2. The second-order valence-corrected chi connectivity index (χ2v) is 8.16. The van der Waals surface area contributed by atoms with Gasteiger partial charge in [0.25, 0.3) is 0 Å². The van der Waals surface area contributed by atoms with Crippen molar-refractivity contribution in [2.45, 2.75) is 17.7 Å². The average molecular weight is 421 g/mol. The molecule has 1 atom stereocenters. The van der Waals surface area contributed by atoms with Crippen molar-refractivity contribution in [2.24, 2.45) is 0 Å². The molecule has 1 heterocycles. The smallest absolute Gasteiger partial charge is 0.309 e. The van der Waals surface area contributed by atoms with Crippen LogP contribution < -0.4 is 10.6 Å². The van der Waals surface area contributed by atoms with Crippen LogP contribution in [0.5, 0.6) is 0 Å². The summed E-state index contributed by atoms with van der Waals surface area (Å²) in [5.41, 5.74) is 0.631. The van der Waals surface area contributed by atoms with Gasteiger partial charge in [0.1, 0.15) is 12.0 Å². The number of benzene rings is 2. The number of ether oxygens (including phenoxy) is 1. The second-order valence-electron chi connectivity index (χ2n) is 6.27. The zero-order valence-electron chi connectivity index (χ0n) is 15.4. The largest absolute Gasteiger partial charge is 0.359 e. The molecule has 8 nitrogen and oxygen atoms in total. The molecule has 1 unspecified atom stereocenters. The van der Waals surface area contributed by atoms with E-state index in [0.717, 1.165) is 4.31 Å². The number of amides is 2. The Hall–Kier alpha value is -2.82. The molecule has 3 rings (SSSR count). The lowest BCUT2D eigenvalue weighted by Gasteiger charge is -2.22. The zero-order valence-corrected chi connectivity index (χ0v) is 16.2. The molecule has 1 aliphatic heterocycles. The summed E-state index contributed by atoms with van der Waals surface area (Å²) in [6.45, 7) is 0.216. The Bertz CT molecular complexity index is 967. The first kappa shape index (κ1) is 20.9. The minimum absolute atomic E-state index is 0.0565. The van der Waals surface area contributed by atoms with E-state index in [-0.39, 0.29) is 31.1 Å². The van der Waals surface area contributed by atoms with E-state index in [2.05, 4.69) is 10.6 Å². The van der Waals surface area contributed by atoms with Gasteiger partial charge in [-0.15, -0.1) is 0 Å². The summed E-state index contributed by atoms with van der Waals surface area (Å²) in [5.74, 6) is -2.20. The van der Waals surface area contributed by atoms with E-state index in [1.165, 1.54) is 36.4 Å². The quantitative estimate of drug-likeness (QED) is 0.665. The topological polar surface area (TPSA) is 105 Å². The van der Waals surface area contributed by atoms with Crippen molar-refractivity contribution >= 4 is 21.8 Å². The number of sulfonamides is 1. The molecule has 10 heteroatoms. The Labute approximate surface area is 167 Å². The highest BCUT2D eigenvalue weighted by Gasteiger charge is 2.36. The number of hydrogen-bond donors (Lipinski definition) is 2. The summed E-state index contributed by atoms with van der Waals surface area (Å²) in [6.07, 6.45) is -0.908. The third-order valence-electron chi connectivity index (χ3n) is 4.30. The molecular weight excluding hydrogens is 401 g/mol. The van der Waals surface area contributed by atoms with Gasteiger partial charge in [0.15, 0.2) is 0 Å². The average Bonchev–Trinajstić information content (AvgIpc) is 3.21. The van der Waals surface area contributed by atoms with E-state index < -0.39 is 33.9 Å². The standard InChI is InChI=1S/C19H20FN3O5S/c20-15-8-6-14(7-9-15)12-21-18(24)19(25)22-13-17-23(10-11-28-17)29(26,27)16-4-2-1-3-5-16/h1-9,17H,10-13H2,(H,21,24)(H,22,25). The molecule has 2 aromatic rings. The van der Waals surface area contributed by atoms with Crippen LogP contribution in [-0.2, 0) is 30.9 Å². The van der Waals surface area contributed by atoms with Gasteiger partial charge in [0, 0.05) is 13.1 Å². The molecule has 1 aliphatic rings. The zero-order chi connectivity index (χ0) is 20.9. The lowest BCUT2D eigenvalue weighted by molar-refractivity contribution is -0.139. The summed E-state index contributed by atoms with van der Waals surface area (Å²) in [4.78, 5) is 24.0. The summed E-state index contributed by atoms with van der Waals surface area (Å²) >= 11 is 0. The molecule has 0 radical (unpaired) electrons. The lowest BCUT2D eigenvalue weighted by Crippen LogP contribution is -2.47. The Kier molecular flexibility index (Phi) is 6.57. The van der Waals surface area contributed by atoms with Crippen molar-refractivity contribution in [2.75, 3.05) is 19.7 Å². The highest BCUT2D eigenvalue weighted by Crippen LogP contribution is 2.21. The SMILES string of the molecule is O=C(NCc1ccc(F)cc1)C(=O)NCC1OCCN1S(=O)(=O)c1ccccc1. The van der Waals surface area contributed by atoms with E-state index in [4.69, 9.17) is 4.74 Å². The Balaban J connectivity index is 1.53. The Morgan fingerprint density at radius 1 is 1.03 bits per heavy atom. The molecule has 2 aromatic carbocycles. The number of carbonyl (C=O) groups excluding carboxylic acids is 2. The predicted octanol–water partition coefficient (Wildman–Crippen LogP) is 0.605. The second kappa shape index (κ2) is 9.12. The van der Waals surface area contributed by atoms with E-state index in [1.54, 1.807) is 18.2 Å². The monoisotopic (exact) mass is 421 g/mol. The van der Waals surface area contributed by atoms with Crippen molar-refractivity contribution in [1.82, 2.24) is 14.9 Å². The van der Waals surface area contributed by atoms with Gasteiger partial charge in [-0.1, -0.05) is 30.3 Å². The third-order valence-corrected chi connectivity index (χ3v) is 6.21. The van der Waals surface area contributed by atoms with E-state index in [1.807, 2.05) is 0 Å². The third kappa shape index (κ3) is 5.17. The summed E-state index contributed by atoms with van der Waals surface area (Å²) < 4.78 is 44.9. The van der Waals surface area contributed by atoms with Gasteiger partial charge in [0.05, 0.1) is 18.0 Å². The number of nitrogens with zero attached hydrogens (tertiary/aromatic N) is 1. The molecule has 1 fully saturated rings. The summed E-state index contributed by atoms with van der Waals surface area (Å²) in [6, 6.07) is 13.4. The van der Waals surface area contributed by atoms with Crippen molar-refractivity contribution in [3.8, 4) is 0 Å². The first-order valence-corrected chi connectivity index (χ1v) is 10.3. The van der Waals surface area contributed by atoms with Crippen LogP contribution in [-0.4, -0.2) is 50.5 Å². The molecule has 0 spiro atoms. The number of nitrogens with one attached hydrogen (secondary N) is 2. The van der Waals surface area contributed by atoms with Crippen LogP contribution in [0.25, 0.3) is 0 Å². The van der Waals surface area contributed by atoms with Crippen molar-refractivity contribution in [1.29, 1.82) is 0 Å². The van der Waals surface area contributed by atoms with Crippen molar-refractivity contribution in [3.05, 3.63) is 66.0 Å². The fraction of sp³-hybridized carbons (Fsp3) is 0.263. The summed E-state index contributed by atoms with van der Waals surface area (Å²) in [7, 11) is -3.78. The number of carbonyl (C=O) groups is 2. The molecular formula is C19H20FN3O5S. The Morgan fingerprint density at radius 2 is 1.69 bits per heavy atom. The van der Waals surface area contributed by atoms with Gasteiger partial charge < -0.3 is 15.4 Å². The van der Waals surface area contributed by atoms with E-state index in [9.17, 15) is 22.4 Å². The van der Waals surface area contributed by atoms with Crippen LogP contribution in [0.1, 0.15) is 5.56 Å². The number of hydrogen-bond acceptors (Lipinski definition) is 5. The van der Waals surface area contributed by atoms with Crippen LogP contribution in [0.4, 0.5) is 4.39 Å². The van der Waals surface area contributed by atoms with Gasteiger partial charge >= 0.3 is 11.8 Å². The maximum atomic E-state index is 12.9. The van der Waals surface area contributed by atoms with Crippen LogP contribution in [0.3, 0.4) is 0 Å². The maximum Gasteiger partial charge on any atom is 0.309 e. The molecule has 2 N–H and O–H groups in total. The fourth-order valence-electron chi connectivity index (χ4n) is 2.79. The number of rotatable bonds is 6. The molecule has 0 aliphatic carbocycles. The highest BCUT2D eigenvalue weighted by atomic mass is 32.2. The van der Waals surface area contributed by atoms with Gasteiger partial charge in [-0.25, -0.2) is 12.8 Å². The van der Waals surface area contributed by atoms with Gasteiger partial charge in [0.2, 0.25) is 10.0 Å². The molecule has 0 bridgehead atoms. The van der Waals surface area contributed by atoms with Crippen LogP contribution in [0.2, 0.25) is 0 Å². The minimum Gasteiger partial charge on any atom is -0.359 e. The molecule has 154 valence electrons. The van der Waals surface area contributed by atoms with Gasteiger partial charge in [-0.3, -0.25) is 9.59 Å². The van der Waals surface area contributed by atoms with Crippen LogP contribution in [0, 0.1) is 5.82 Å². The number of halogens is 1. The highest BCUT2D eigenvalue weighted by molar-refractivity contribution is 7.89. The van der Waals surface area contributed by atoms with Crippen LogP contribution >= 0.6 is 0 Å². The normalized spacial score (nSPS) is 17.1. The van der Waals surface area contributed by atoms with Crippen molar-refractivity contribution < 1.29 is 27.1 Å². The molecule has 0 saturated carbocycles. The van der Waals surface area contributed by atoms with Gasteiger partial charge in [-0.2, -0.15) is 4.31 Å². The molecule has 2 amide bonds. The Morgan fingerprint density at radius 3 is 2.38 bits per heavy atom. The van der Waals surface area contributed by atoms with Crippen LogP contribution in [0.15, 0.2) is 59.5 Å². The molecule has 29 heavy (non-hydrogen) atoms. The fourth-order valence-corrected chi connectivity index (χ4v) is 4.33. The van der Waals surface area contributed by atoms with E-state index >= 15 is 0 Å². The maximum absolute atomic E-state index is 12.9. The first-order valence-electron chi connectivity index (χ1n) is 8.87. The first-order chi connectivity index (χ1) is 13.9. The minimum atomic E-state index is -3.78. The van der Waals surface area contributed by atoms with E-state index in [0.29, 0.717) is 5.56 Å². The van der Waals surface area contributed by atoms with Gasteiger partial charge in [-0.05, 0) is 29.8 Å². The molecule has 1 saturated heterocycles. The predicted molar refractivity (Wildman–Crippen MR) is 101 cm³/mol. The summed E-state index contributed by atoms with van der Waals surface area (Å²) in [5, 5.41) is 4.80.